The molecule has 0 unspecified atom stereocenters. The summed E-state index contributed by atoms with van der Waals surface area (Å²) in [6, 6.07) is 8.72. The van der Waals surface area contributed by atoms with Crippen LogP contribution in [0.25, 0.3) is 0 Å². The van der Waals surface area contributed by atoms with Crippen LogP contribution in [0.3, 0.4) is 0 Å². The minimum Gasteiger partial charge on any atom is -0.448 e. The Kier molecular flexibility index (Phi) is 6.29. The highest BCUT2D eigenvalue weighted by atomic mass is 35.5. The zero-order chi connectivity index (χ0) is 17.9. The number of ether oxygens (including phenoxy) is 1. The zero-order valence-corrected chi connectivity index (χ0v) is 15.2. The molecule has 9 heteroatoms. The summed E-state index contributed by atoms with van der Waals surface area (Å²) in [5.74, 6) is -1.46. The van der Waals surface area contributed by atoms with Gasteiger partial charge in [-0.3, -0.25) is 4.79 Å². The van der Waals surface area contributed by atoms with Gasteiger partial charge in [-0.2, -0.15) is 0 Å². The third-order valence-electron chi connectivity index (χ3n) is 2.87. The van der Waals surface area contributed by atoms with Gasteiger partial charge < -0.3 is 10.1 Å². The maximum absolute atomic E-state index is 12.1. The summed E-state index contributed by atoms with van der Waals surface area (Å²) in [4.78, 5) is 27.9. The molecule has 126 valence electrons. The van der Waals surface area contributed by atoms with Crippen LogP contribution < -0.4 is 5.32 Å². The van der Waals surface area contributed by atoms with E-state index >= 15 is 0 Å². The average molecular weight is 408 g/mol. The van der Waals surface area contributed by atoms with Crippen LogP contribution >= 0.6 is 46.4 Å². The Labute approximate surface area is 157 Å². The lowest BCUT2D eigenvalue weighted by molar-refractivity contribution is -0.123. The monoisotopic (exact) mass is 406 g/mol. The van der Waals surface area contributed by atoms with Crippen LogP contribution in [0, 0.1) is 0 Å². The molecule has 5 nitrogen and oxygen atoms in total. The molecule has 0 bridgehead atoms. The molecule has 1 atom stereocenters. The first-order valence-corrected chi connectivity index (χ1v) is 8.09. The van der Waals surface area contributed by atoms with Gasteiger partial charge in [-0.15, -0.1) is 0 Å². The van der Waals surface area contributed by atoms with E-state index in [1.54, 1.807) is 30.3 Å². The topological polar surface area (TPSA) is 68.3 Å². The number of carbonyl (C=O) groups is 2. The van der Waals surface area contributed by atoms with Crippen LogP contribution in [0.1, 0.15) is 17.4 Å². The normalized spacial score (nSPS) is 11.7. The van der Waals surface area contributed by atoms with Gasteiger partial charge in [-0.05, 0) is 19.1 Å². The number of nitrogens with one attached hydrogen (secondary N) is 1. The molecule has 0 aliphatic heterocycles. The molecule has 0 saturated heterocycles. The van der Waals surface area contributed by atoms with E-state index in [4.69, 9.17) is 51.1 Å². The second-order valence-electron chi connectivity index (χ2n) is 4.60. The van der Waals surface area contributed by atoms with E-state index in [1.807, 2.05) is 0 Å². The number of rotatable bonds is 4. The van der Waals surface area contributed by atoms with Crippen LogP contribution in [0.2, 0.25) is 20.2 Å². The van der Waals surface area contributed by atoms with Crippen LogP contribution in [-0.2, 0) is 9.53 Å². The number of hydrogen-bond donors (Lipinski definition) is 1. The van der Waals surface area contributed by atoms with Crippen molar-refractivity contribution in [3.63, 3.8) is 0 Å². The quantitative estimate of drug-likeness (QED) is 0.579. The Balaban J connectivity index is 2.10. The van der Waals surface area contributed by atoms with E-state index in [0.717, 1.165) is 0 Å². The van der Waals surface area contributed by atoms with E-state index in [2.05, 4.69) is 10.3 Å². The minimum atomic E-state index is -1.09. The summed E-state index contributed by atoms with van der Waals surface area (Å²) < 4.78 is 5.04. The van der Waals surface area contributed by atoms with Crippen molar-refractivity contribution < 1.29 is 14.3 Å². The summed E-state index contributed by atoms with van der Waals surface area (Å²) >= 11 is 23.3. The van der Waals surface area contributed by atoms with Gasteiger partial charge in [0.1, 0.15) is 5.15 Å². The number of hydrogen-bond acceptors (Lipinski definition) is 4. The van der Waals surface area contributed by atoms with Gasteiger partial charge in [-0.25, -0.2) is 9.78 Å². The number of esters is 1. The van der Waals surface area contributed by atoms with Gasteiger partial charge in [0.2, 0.25) is 0 Å². The van der Waals surface area contributed by atoms with E-state index in [0.29, 0.717) is 5.69 Å². The average Bonchev–Trinajstić information content (AvgIpc) is 2.56. The molecular weight excluding hydrogens is 398 g/mol. The second-order valence-corrected chi connectivity index (χ2v) is 6.09. The van der Waals surface area contributed by atoms with E-state index < -0.39 is 18.0 Å². The van der Waals surface area contributed by atoms with Crippen molar-refractivity contribution in [2.75, 3.05) is 5.32 Å². The molecule has 1 N–H and O–H groups in total. The first-order chi connectivity index (χ1) is 11.3. The van der Waals surface area contributed by atoms with Crippen molar-refractivity contribution in [1.29, 1.82) is 0 Å². The first-order valence-electron chi connectivity index (χ1n) is 6.58. The number of amides is 1. The Bertz CT molecular complexity index is 784. The van der Waals surface area contributed by atoms with Gasteiger partial charge in [0, 0.05) is 5.69 Å². The molecule has 0 radical (unpaired) electrons. The number of para-hydroxylation sites is 1. The Morgan fingerprint density at radius 1 is 1.04 bits per heavy atom. The molecule has 1 heterocycles. The highest BCUT2D eigenvalue weighted by molar-refractivity contribution is 6.52. The molecule has 0 aliphatic rings. The Hall–Kier alpha value is -1.53. The number of benzene rings is 1. The second kappa shape index (κ2) is 8.03. The number of nitrogens with zero attached hydrogens (tertiary/aromatic N) is 1. The van der Waals surface area contributed by atoms with Crippen molar-refractivity contribution in [3.05, 3.63) is 56.2 Å². The Morgan fingerprint density at radius 2 is 1.67 bits per heavy atom. The van der Waals surface area contributed by atoms with Crippen molar-refractivity contribution >= 4 is 64.0 Å². The largest absolute Gasteiger partial charge is 0.448 e. The summed E-state index contributed by atoms with van der Waals surface area (Å²) in [6.45, 7) is 1.41. The van der Waals surface area contributed by atoms with E-state index in [-0.39, 0.29) is 25.9 Å². The van der Waals surface area contributed by atoms with Crippen LogP contribution in [0.15, 0.2) is 30.3 Å². The minimum absolute atomic E-state index is 0.0743. The molecule has 0 saturated carbocycles. The fourth-order valence-electron chi connectivity index (χ4n) is 1.66. The van der Waals surface area contributed by atoms with Crippen molar-refractivity contribution in [1.82, 2.24) is 4.98 Å². The number of carbonyl (C=O) groups excluding carboxylic acids is 2. The summed E-state index contributed by atoms with van der Waals surface area (Å²) in [5.41, 5.74) is 0.245. The van der Waals surface area contributed by atoms with Gasteiger partial charge >= 0.3 is 5.97 Å². The van der Waals surface area contributed by atoms with E-state index in [1.165, 1.54) is 6.92 Å². The summed E-state index contributed by atoms with van der Waals surface area (Å²) in [6.07, 6.45) is -1.09. The predicted octanol–water partition coefficient (Wildman–Crippen LogP) is 4.88. The van der Waals surface area contributed by atoms with Crippen LogP contribution in [-0.4, -0.2) is 23.0 Å². The molecule has 2 rings (SSSR count). The third kappa shape index (κ3) is 4.30. The lowest BCUT2D eigenvalue weighted by atomic mass is 10.3. The molecule has 1 amide bonds. The summed E-state index contributed by atoms with van der Waals surface area (Å²) in [5, 5.41) is 2.01. The smallest absolute Gasteiger partial charge is 0.359 e. The van der Waals surface area contributed by atoms with Gasteiger partial charge in [-0.1, -0.05) is 64.6 Å². The highest BCUT2D eigenvalue weighted by Crippen LogP contribution is 2.36. The molecule has 0 aliphatic carbocycles. The van der Waals surface area contributed by atoms with Gasteiger partial charge in [0.25, 0.3) is 5.91 Å². The lowest BCUT2D eigenvalue weighted by Crippen LogP contribution is -2.30. The molecule has 1 aromatic carbocycles. The first kappa shape index (κ1) is 18.8. The molecular formula is C15H10Cl4N2O3. The van der Waals surface area contributed by atoms with Gasteiger partial charge in [0.15, 0.2) is 11.8 Å². The molecule has 2 aromatic rings. The zero-order valence-electron chi connectivity index (χ0n) is 12.1. The van der Waals surface area contributed by atoms with E-state index in [9.17, 15) is 9.59 Å². The number of halogens is 4. The fraction of sp³-hybridized carbons (Fsp3) is 0.133. The molecule has 0 spiro atoms. The van der Waals surface area contributed by atoms with Crippen molar-refractivity contribution in [3.8, 4) is 0 Å². The van der Waals surface area contributed by atoms with Crippen molar-refractivity contribution in [2.24, 2.45) is 0 Å². The van der Waals surface area contributed by atoms with Gasteiger partial charge in [0.05, 0.1) is 15.1 Å². The lowest BCUT2D eigenvalue weighted by Gasteiger charge is -2.14. The third-order valence-corrected chi connectivity index (χ3v) is 4.55. The predicted molar refractivity (Wildman–Crippen MR) is 94.2 cm³/mol. The van der Waals surface area contributed by atoms with Crippen LogP contribution in [0.5, 0.6) is 0 Å². The number of pyridine rings is 1. The fourth-order valence-corrected chi connectivity index (χ4v) is 2.46. The maximum atomic E-state index is 12.1. The summed E-state index contributed by atoms with van der Waals surface area (Å²) in [7, 11) is 0. The molecule has 0 fully saturated rings. The molecule has 1 aromatic heterocycles. The SMILES string of the molecule is C[C@H](OC(=O)c1nc(Cl)c(Cl)c(Cl)c1Cl)C(=O)Nc1ccccc1. The number of anilines is 1. The van der Waals surface area contributed by atoms with Crippen LogP contribution in [0.4, 0.5) is 5.69 Å². The maximum Gasteiger partial charge on any atom is 0.359 e. The Morgan fingerprint density at radius 3 is 2.29 bits per heavy atom. The highest BCUT2D eigenvalue weighted by Gasteiger charge is 2.25. The molecule has 24 heavy (non-hydrogen) atoms. The number of aromatic nitrogens is 1. The standard InChI is InChI=1S/C15H10Cl4N2O3/c1-7(14(22)20-8-5-3-2-4-6-8)24-15(23)12-10(17)9(16)11(18)13(19)21-12/h2-7H,1H3,(H,20,22)/t7-/m0/s1. The van der Waals surface area contributed by atoms with Crippen molar-refractivity contribution in [2.45, 2.75) is 13.0 Å².